The molecule has 10 heteroatoms. The van der Waals surface area contributed by atoms with Crippen LogP contribution in [0.15, 0.2) is 41.3 Å². The summed E-state index contributed by atoms with van der Waals surface area (Å²) in [6.07, 6.45) is 0.410. The van der Waals surface area contributed by atoms with E-state index < -0.39 is 22.5 Å². The molecule has 0 bridgehead atoms. The summed E-state index contributed by atoms with van der Waals surface area (Å²) in [4.78, 5) is 12.7. The van der Waals surface area contributed by atoms with Gasteiger partial charge in [0.2, 0.25) is 10.0 Å². The number of halogens is 2. The van der Waals surface area contributed by atoms with Gasteiger partial charge in [0.1, 0.15) is 0 Å². The number of carbonyl (C=O) groups excluding carboxylic acids is 1. The van der Waals surface area contributed by atoms with Crippen molar-refractivity contribution < 1.29 is 31.5 Å². The van der Waals surface area contributed by atoms with E-state index in [9.17, 15) is 22.0 Å². The van der Waals surface area contributed by atoms with Crippen molar-refractivity contribution >= 4 is 15.9 Å². The highest BCUT2D eigenvalue weighted by Gasteiger charge is 2.24. The molecule has 0 fully saturated rings. The third-order valence-corrected chi connectivity index (χ3v) is 7.11. The fourth-order valence-electron chi connectivity index (χ4n) is 3.21. The van der Waals surface area contributed by atoms with E-state index in [1.165, 1.54) is 23.5 Å². The third kappa shape index (κ3) is 6.17. The molecular weight excluding hydrogens is 442 g/mol. The van der Waals surface area contributed by atoms with Crippen LogP contribution in [0.2, 0.25) is 0 Å². The van der Waals surface area contributed by atoms with Crippen molar-refractivity contribution in [2.45, 2.75) is 38.7 Å². The van der Waals surface area contributed by atoms with Gasteiger partial charge in [0.05, 0.1) is 12.0 Å². The summed E-state index contributed by atoms with van der Waals surface area (Å²) in [5.41, 5.74) is 1.55. The number of sulfonamides is 1. The van der Waals surface area contributed by atoms with Gasteiger partial charge in [0.25, 0.3) is 5.91 Å². The molecule has 0 aliphatic carbocycles. The van der Waals surface area contributed by atoms with Gasteiger partial charge in [-0.15, -0.1) is 0 Å². The molecule has 7 nitrogen and oxygen atoms in total. The Hall–Kier alpha value is -2.72. The number of nitrogens with one attached hydrogen (secondary N) is 1. The van der Waals surface area contributed by atoms with Crippen LogP contribution in [0, 0.1) is 6.92 Å². The highest BCUT2D eigenvalue weighted by Crippen LogP contribution is 2.29. The van der Waals surface area contributed by atoms with Crippen LogP contribution in [0.25, 0.3) is 0 Å². The zero-order valence-electron chi connectivity index (χ0n) is 18.5. The van der Waals surface area contributed by atoms with Gasteiger partial charge in [-0.2, -0.15) is 13.1 Å². The molecule has 1 N–H and O–H groups in total. The summed E-state index contributed by atoms with van der Waals surface area (Å²) in [7, 11) is -2.35. The quantitative estimate of drug-likeness (QED) is 0.542. The number of benzene rings is 2. The van der Waals surface area contributed by atoms with Crippen molar-refractivity contribution in [3.63, 3.8) is 0 Å². The Morgan fingerprint density at radius 1 is 1.09 bits per heavy atom. The zero-order chi connectivity index (χ0) is 23.9. The molecule has 2 rings (SSSR count). The lowest BCUT2D eigenvalue weighted by Crippen LogP contribution is -2.31. The zero-order valence-corrected chi connectivity index (χ0v) is 19.3. The highest BCUT2D eigenvalue weighted by atomic mass is 32.2. The van der Waals surface area contributed by atoms with Crippen LogP contribution in [-0.4, -0.2) is 52.0 Å². The Morgan fingerprint density at radius 2 is 1.78 bits per heavy atom. The van der Waals surface area contributed by atoms with Crippen LogP contribution in [-0.2, 0) is 16.4 Å². The second kappa shape index (κ2) is 11.2. The van der Waals surface area contributed by atoms with Crippen LogP contribution in [0.4, 0.5) is 8.78 Å². The molecule has 0 saturated heterocycles. The van der Waals surface area contributed by atoms with Gasteiger partial charge in [-0.25, -0.2) is 8.42 Å². The first-order valence-electron chi connectivity index (χ1n) is 10.1. The van der Waals surface area contributed by atoms with Gasteiger partial charge in [-0.3, -0.25) is 4.79 Å². The second-order valence-electron chi connectivity index (χ2n) is 6.94. The standard InChI is InChI=1S/C22H28F2N2O5S/c1-5-26(6-2)32(28,29)20-14-17(9-7-15(20)3)21(27)25-12-11-16-8-10-18(31-22(23)24)19(13-16)30-4/h7-10,13-14,22H,5-6,11-12H2,1-4H3,(H,25,27). The van der Waals surface area contributed by atoms with E-state index in [0.29, 0.717) is 25.1 Å². The average Bonchev–Trinajstić information content (AvgIpc) is 2.75. The fourth-order valence-corrected chi connectivity index (χ4v) is 4.91. The molecule has 176 valence electrons. The molecule has 0 atom stereocenters. The molecule has 1 amide bonds. The van der Waals surface area contributed by atoms with Crippen LogP contribution in [0.3, 0.4) is 0 Å². The van der Waals surface area contributed by atoms with E-state index >= 15 is 0 Å². The minimum atomic E-state index is -3.70. The minimum absolute atomic E-state index is 0.0723. The molecular formula is C22H28F2N2O5S. The molecule has 0 aliphatic rings. The largest absolute Gasteiger partial charge is 0.493 e. The maximum atomic E-state index is 12.9. The molecule has 0 aliphatic heterocycles. The number of rotatable bonds is 11. The van der Waals surface area contributed by atoms with Gasteiger partial charge < -0.3 is 14.8 Å². The normalized spacial score (nSPS) is 11.6. The second-order valence-corrected chi connectivity index (χ2v) is 8.85. The lowest BCUT2D eigenvalue weighted by atomic mass is 10.1. The van der Waals surface area contributed by atoms with Gasteiger partial charge in [-0.05, 0) is 48.7 Å². The summed E-state index contributed by atoms with van der Waals surface area (Å²) in [6, 6.07) is 9.12. The average molecular weight is 471 g/mol. The predicted molar refractivity (Wildman–Crippen MR) is 117 cm³/mol. The number of alkyl halides is 2. The van der Waals surface area contributed by atoms with E-state index in [1.54, 1.807) is 45.0 Å². The van der Waals surface area contributed by atoms with E-state index in [1.807, 2.05) is 0 Å². The number of nitrogens with zero attached hydrogens (tertiary/aromatic N) is 1. The van der Waals surface area contributed by atoms with Crippen molar-refractivity contribution in [2.75, 3.05) is 26.7 Å². The SMILES string of the molecule is CCN(CC)S(=O)(=O)c1cc(C(=O)NCCc2ccc(OC(F)F)c(OC)c2)ccc1C. The van der Waals surface area contributed by atoms with Gasteiger partial charge in [0, 0.05) is 25.2 Å². The Morgan fingerprint density at radius 3 is 2.38 bits per heavy atom. The molecule has 0 aromatic heterocycles. The summed E-state index contributed by atoms with van der Waals surface area (Å²) in [5, 5.41) is 2.75. The molecule has 0 spiro atoms. The number of carbonyl (C=O) groups is 1. The number of hydrogen-bond acceptors (Lipinski definition) is 5. The first-order valence-corrected chi connectivity index (χ1v) is 11.6. The molecule has 2 aromatic rings. The van der Waals surface area contributed by atoms with Crippen molar-refractivity contribution in [1.82, 2.24) is 9.62 Å². The van der Waals surface area contributed by atoms with E-state index in [-0.39, 0.29) is 28.5 Å². The van der Waals surface area contributed by atoms with Crippen LogP contribution in [0.1, 0.15) is 35.3 Å². The lowest BCUT2D eigenvalue weighted by Gasteiger charge is -2.20. The van der Waals surface area contributed by atoms with Gasteiger partial charge >= 0.3 is 6.61 Å². The maximum Gasteiger partial charge on any atom is 0.387 e. The van der Waals surface area contributed by atoms with Crippen LogP contribution in [0.5, 0.6) is 11.5 Å². The molecule has 0 radical (unpaired) electrons. The molecule has 0 saturated carbocycles. The number of aryl methyl sites for hydroxylation is 1. The molecule has 2 aromatic carbocycles. The Kier molecular flexibility index (Phi) is 8.97. The van der Waals surface area contributed by atoms with Crippen molar-refractivity contribution in [2.24, 2.45) is 0 Å². The predicted octanol–water partition coefficient (Wildman–Crippen LogP) is 3.61. The number of methoxy groups -OCH3 is 1. The summed E-state index contributed by atoms with van der Waals surface area (Å²) in [6.45, 7) is 3.16. The van der Waals surface area contributed by atoms with E-state index in [0.717, 1.165) is 5.56 Å². The van der Waals surface area contributed by atoms with Gasteiger partial charge in [-0.1, -0.05) is 26.0 Å². The summed E-state index contributed by atoms with van der Waals surface area (Å²) < 4.78 is 61.4. The fraction of sp³-hybridized carbons (Fsp3) is 0.409. The highest BCUT2D eigenvalue weighted by molar-refractivity contribution is 7.89. The minimum Gasteiger partial charge on any atom is -0.493 e. The Labute approximate surface area is 187 Å². The Bertz CT molecular complexity index is 1040. The smallest absolute Gasteiger partial charge is 0.387 e. The number of ether oxygens (including phenoxy) is 2. The van der Waals surface area contributed by atoms with Crippen LogP contribution >= 0.6 is 0 Å². The molecule has 32 heavy (non-hydrogen) atoms. The summed E-state index contributed by atoms with van der Waals surface area (Å²) >= 11 is 0. The molecule has 0 unspecified atom stereocenters. The molecule has 0 heterocycles. The third-order valence-electron chi connectivity index (χ3n) is 4.92. The topological polar surface area (TPSA) is 84.9 Å². The first-order chi connectivity index (χ1) is 15.1. The van der Waals surface area contributed by atoms with Crippen molar-refractivity contribution in [1.29, 1.82) is 0 Å². The lowest BCUT2D eigenvalue weighted by molar-refractivity contribution is -0.0512. The monoisotopic (exact) mass is 470 g/mol. The first kappa shape index (κ1) is 25.5. The van der Waals surface area contributed by atoms with Crippen molar-refractivity contribution in [3.05, 3.63) is 53.1 Å². The number of hydrogen-bond donors (Lipinski definition) is 1. The van der Waals surface area contributed by atoms with Gasteiger partial charge in [0.15, 0.2) is 11.5 Å². The number of amides is 1. The maximum absolute atomic E-state index is 12.9. The Balaban J connectivity index is 2.09. The van der Waals surface area contributed by atoms with E-state index in [4.69, 9.17) is 4.74 Å². The van der Waals surface area contributed by atoms with Crippen molar-refractivity contribution in [3.8, 4) is 11.5 Å². The summed E-state index contributed by atoms with van der Waals surface area (Å²) in [5.74, 6) is -0.318. The van der Waals surface area contributed by atoms with Crippen LogP contribution < -0.4 is 14.8 Å². The van der Waals surface area contributed by atoms with E-state index in [2.05, 4.69) is 10.1 Å².